The number of pyridine rings is 1. The van der Waals surface area contributed by atoms with Crippen molar-refractivity contribution in [2.24, 2.45) is 5.41 Å². The van der Waals surface area contributed by atoms with Crippen molar-refractivity contribution in [3.63, 3.8) is 0 Å². The van der Waals surface area contributed by atoms with Gasteiger partial charge in [0, 0.05) is 23.5 Å². The number of ketones is 1. The third kappa shape index (κ3) is 5.53. The van der Waals surface area contributed by atoms with Crippen molar-refractivity contribution in [2.45, 2.75) is 26.9 Å². The molecule has 0 bridgehead atoms. The summed E-state index contributed by atoms with van der Waals surface area (Å²) in [5, 5.41) is 2.47. The molecule has 0 radical (unpaired) electrons. The Morgan fingerprint density at radius 1 is 0.788 bits per heavy atom. The summed E-state index contributed by atoms with van der Waals surface area (Å²) in [6, 6.07) is 32.4. The Kier molecular flexibility index (Phi) is 6.97. The molecule has 0 spiro atoms. The number of hydrogen-bond donors (Lipinski definition) is 0. The minimum Gasteiger partial charge on any atom is -0.403 e. The highest BCUT2D eigenvalue weighted by molar-refractivity contribution is 6.80. The largest absolute Gasteiger partial charge is 0.403 e. The fraction of sp³-hybridized carbons (Fsp3) is 0.172. The van der Waals surface area contributed by atoms with E-state index in [1.54, 1.807) is 24.5 Å². The molecule has 166 valence electrons. The van der Waals surface area contributed by atoms with Crippen LogP contribution in [0.25, 0.3) is 0 Å². The maximum absolute atomic E-state index is 13.1. The van der Waals surface area contributed by atoms with E-state index in [1.807, 2.05) is 30.3 Å². The van der Waals surface area contributed by atoms with Gasteiger partial charge in [-0.25, -0.2) is 0 Å². The summed E-state index contributed by atoms with van der Waals surface area (Å²) in [4.78, 5) is 17.2. The van der Waals surface area contributed by atoms with Crippen LogP contribution in [0.4, 0.5) is 0 Å². The summed E-state index contributed by atoms with van der Waals surface area (Å²) in [6.45, 7) is 6.57. The number of carbonyl (C=O) groups is 1. The smallest absolute Gasteiger partial charge is 0.240 e. The molecule has 4 aromatic rings. The highest BCUT2D eigenvalue weighted by atomic mass is 28.3. The average Bonchev–Trinajstić information content (AvgIpc) is 2.85. The van der Waals surface area contributed by atoms with Crippen LogP contribution in [0.5, 0.6) is 0 Å². The number of nitrogens with zero attached hydrogens (tertiary/aromatic N) is 1. The van der Waals surface area contributed by atoms with Crippen LogP contribution in [-0.4, -0.2) is 19.8 Å². The van der Waals surface area contributed by atoms with E-state index in [0.717, 1.165) is 5.56 Å². The molecule has 1 heterocycles. The van der Waals surface area contributed by atoms with Gasteiger partial charge in [-0.2, -0.15) is 0 Å². The van der Waals surface area contributed by atoms with Crippen molar-refractivity contribution in [3.8, 4) is 0 Å². The molecule has 1 aromatic heterocycles. The first-order valence-electron chi connectivity index (χ1n) is 11.2. The summed E-state index contributed by atoms with van der Waals surface area (Å²) < 4.78 is 7.03. The second-order valence-corrected chi connectivity index (χ2v) is 11.6. The molecule has 0 aliphatic carbocycles. The van der Waals surface area contributed by atoms with Crippen molar-refractivity contribution in [1.29, 1.82) is 0 Å². The molecule has 0 aliphatic rings. The molecule has 3 nitrogen and oxygen atoms in total. The first-order chi connectivity index (χ1) is 15.9. The molecule has 0 amide bonds. The second kappa shape index (κ2) is 10.1. The molecule has 0 saturated heterocycles. The molecule has 0 fully saturated rings. The van der Waals surface area contributed by atoms with Crippen LogP contribution in [0, 0.1) is 5.41 Å². The van der Waals surface area contributed by atoms with E-state index >= 15 is 0 Å². The van der Waals surface area contributed by atoms with E-state index in [2.05, 4.69) is 80.4 Å². The van der Waals surface area contributed by atoms with Crippen LogP contribution >= 0.6 is 0 Å². The van der Waals surface area contributed by atoms with E-state index in [1.165, 1.54) is 10.4 Å². The maximum atomic E-state index is 13.1. The third-order valence-corrected chi connectivity index (χ3v) is 8.16. The molecule has 4 rings (SSSR count). The van der Waals surface area contributed by atoms with E-state index in [9.17, 15) is 4.79 Å². The predicted molar refractivity (Wildman–Crippen MR) is 137 cm³/mol. The van der Waals surface area contributed by atoms with Gasteiger partial charge in [0.05, 0.1) is 6.10 Å². The Labute approximate surface area is 197 Å². The normalized spacial score (nSPS) is 12.5. The SMILES string of the molecule is CC(C)(C)C(O[SiH](c1ccccc1)c1ccccc1)c1cccc(C(=O)c2cccnc2)c1. The lowest BCUT2D eigenvalue weighted by Gasteiger charge is -2.35. The quantitative estimate of drug-likeness (QED) is 0.295. The first-order valence-corrected chi connectivity index (χ1v) is 12.9. The molecule has 3 aromatic carbocycles. The second-order valence-electron chi connectivity index (χ2n) is 9.28. The Bertz CT molecular complexity index is 1150. The lowest BCUT2D eigenvalue weighted by molar-refractivity contribution is 0.0894. The molecular formula is C29H29NO2Si. The van der Waals surface area contributed by atoms with Gasteiger partial charge >= 0.3 is 0 Å². The molecule has 0 N–H and O–H groups in total. The van der Waals surface area contributed by atoms with Gasteiger partial charge in [0.1, 0.15) is 0 Å². The lowest BCUT2D eigenvalue weighted by Crippen LogP contribution is -2.47. The zero-order valence-electron chi connectivity index (χ0n) is 19.3. The van der Waals surface area contributed by atoms with E-state index in [0.29, 0.717) is 11.1 Å². The highest BCUT2D eigenvalue weighted by Gasteiger charge is 2.32. The van der Waals surface area contributed by atoms with Crippen molar-refractivity contribution >= 4 is 25.2 Å². The van der Waals surface area contributed by atoms with E-state index in [-0.39, 0.29) is 17.3 Å². The lowest BCUT2D eigenvalue weighted by atomic mass is 9.84. The zero-order chi connectivity index (χ0) is 23.3. The average molecular weight is 452 g/mol. The van der Waals surface area contributed by atoms with Gasteiger partial charge in [-0.3, -0.25) is 9.78 Å². The molecule has 0 saturated carbocycles. The molecule has 4 heteroatoms. The zero-order valence-corrected chi connectivity index (χ0v) is 20.5. The number of aromatic nitrogens is 1. The van der Waals surface area contributed by atoms with E-state index < -0.39 is 9.04 Å². The van der Waals surface area contributed by atoms with Crippen LogP contribution in [0.3, 0.4) is 0 Å². The fourth-order valence-corrected chi connectivity index (χ4v) is 6.71. The predicted octanol–water partition coefficient (Wildman–Crippen LogP) is 4.95. The molecule has 1 atom stereocenters. The summed E-state index contributed by atoms with van der Waals surface area (Å²) in [7, 11) is -1.97. The third-order valence-electron chi connectivity index (χ3n) is 5.64. The summed E-state index contributed by atoms with van der Waals surface area (Å²) in [6.07, 6.45) is 3.12. The van der Waals surface area contributed by atoms with Crippen LogP contribution in [0.15, 0.2) is 109 Å². The first kappa shape index (κ1) is 22.8. The number of carbonyl (C=O) groups excluding carboxylic acids is 1. The van der Waals surface area contributed by atoms with Gasteiger partial charge in [-0.1, -0.05) is 99.6 Å². The molecule has 33 heavy (non-hydrogen) atoms. The van der Waals surface area contributed by atoms with Gasteiger partial charge in [-0.15, -0.1) is 0 Å². The van der Waals surface area contributed by atoms with Gasteiger partial charge in [-0.05, 0) is 39.6 Å². The number of hydrogen-bond acceptors (Lipinski definition) is 3. The van der Waals surface area contributed by atoms with Gasteiger partial charge in [0.2, 0.25) is 9.04 Å². The Morgan fingerprint density at radius 2 is 1.39 bits per heavy atom. The summed E-state index contributed by atoms with van der Waals surface area (Å²) in [5.74, 6) is -0.0301. The van der Waals surface area contributed by atoms with Crippen LogP contribution in [-0.2, 0) is 4.43 Å². The van der Waals surface area contributed by atoms with Crippen molar-refractivity contribution in [2.75, 3.05) is 0 Å². The topological polar surface area (TPSA) is 39.2 Å². The van der Waals surface area contributed by atoms with Gasteiger partial charge < -0.3 is 4.43 Å². The fourth-order valence-electron chi connectivity index (χ4n) is 4.03. The van der Waals surface area contributed by atoms with Gasteiger partial charge in [0.15, 0.2) is 5.78 Å². The van der Waals surface area contributed by atoms with Crippen molar-refractivity contribution < 1.29 is 9.22 Å². The standard InChI is InChI=1S/C29H29NO2Si/c1-29(2,3)28(23-13-10-12-22(20-23)27(31)24-14-11-19-30-21-24)32-33(25-15-6-4-7-16-25)26-17-8-5-9-18-26/h4-21,28,33H,1-3H3. The summed E-state index contributed by atoms with van der Waals surface area (Å²) >= 11 is 0. The van der Waals surface area contributed by atoms with E-state index in [4.69, 9.17) is 4.43 Å². The monoisotopic (exact) mass is 451 g/mol. The number of rotatable bonds is 7. The Balaban J connectivity index is 1.72. The minimum atomic E-state index is -1.97. The summed E-state index contributed by atoms with van der Waals surface area (Å²) in [5.41, 5.74) is 2.09. The van der Waals surface area contributed by atoms with Crippen molar-refractivity contribution in [3.05, 3.63) is 126 Å². The Morgan fingerprint density at radius 3 is 1.94 bits per heavy atom. The highest BCUT2D eigenvalue weighted by Crippen LogP contribution is 2.37. The minimum absolute atomic E-state index is 0.0301. The van der Waals surface area contributed by atoms with Crippen LogP contribution in [0.2, 0.25) is 0 Å². The van der Waals surface area contributed by atoms with Crippen molar-refractivity contribution in [1.82, 2.24) is 4.98 Å². The molecule has 1 unspecified atom stereocenters. The van der Waals surface area contributed by atoms with Crippen LogP contribution < -0.4 is 10.4 Å². The van der Waals surface area contributed by atoms with Gasteiger partial charge in [0.25, 0.3) is 0 Å². The molecular weight excluding hydrogens is 422 g/mol. The Hall–Kier alpha value is -3.34. The molecule has 0 aliphatic heterocycles. The maximum Gasteiger partial charge on any atom is 0.240 e. The number of benzene rings is 3. The van der Waals surface area contributed by atoms with Crippen LogP contribution in [0.1, 0.15) is 48.4 Å².